The van der Waals surface area contributed by atoms with Gasteiger partial charge in [-0.05, 0) is 43.7 Å². The molecule has 0 aromatic heterocycles. The second kappa shape index (κ2) is 9.78. The highest BCUT2D eigenvalue weighted by molar-refractivity contribution is 7.99. The van der Waals surface area contributed by atoms with Crippen molar-refractivity contribution >= 4 is 35.1 Å². The number of carbonyl (C=O) groups excluding carboxylic acids is 2. The number of hydrogen-bond acceptors (Lipinski definition) is 5. The summed E-state index contributed by atoms with van der Waals surface area (Å²) in [6.07, 6.45) is -0.753. The maximum atomic E-state index is 12.4. The lowest BCUT2D eigenvalue weighted by molar-refractivity contribution is -0.133. The maximum Gasteiger partial charge on any atom is 0.313 e. The molecule has 2 N–H and O–H groups in total. The molecule has 142 valence electrons. The third-order valence-corrected chi connectivity index (χ3v) is 4.60. The van der Waals surface area contributed by atoms with Gasteiger partial charge in [-0.3, -0.25) is 14.4 Å². The van der Waals surface area contributed by atoms with Gasteiger partial charge in [0.25, 0.3) is 5.91 Å². The van der Waals surface area contributed by atoms with E-state index < -0.39 is 12.1 Å². The topological polar surface area (TPSA) is 92.7 Å². The van der Waals surface area contributed by atoms with Crippen LogP contribution in [0.1, 0.15) is 29.8 Å². The molecule has 6 nitrogen and oxygen atoms in total. The summed E-state index contributed by atoms with van der Waals surface area (Å²) in [5.41, 5.74) is 2.05. The van der Waals surface area contributed by atoms with Crippen LogP contribution in [0.2, 0.25) is 0 Å². The van der Waals surface area contributed by atoms with Gasteiger partial charge in [0.05, 0.1) is 5.75 Å². The molecule has 0 aliphatic carbocycles. The number of Topliss-reactive ketones (excluding diaryl/α,β-unsaturated/α-hetero) is 1. The number of rotatable bonds is 9. The van der Waals surface area contributed by atoms with Gasteiger partial charge in [0.1, 0.15) is 5.75 Å². The smallest absolute Gasteiger partial charge is 0.313 e. The molecule has 0 radical (unpaired) electrons. The van der Waals surface area contributed by atoms with Crippen molar-refractivity contribution < 1.29 is 24.2 Å². The van der Waals surface area contributed by atoms with E-state index in [1.165, 1.54) is 18.7 Å². The van der Waals surface area contributed by atoms with Gasteiger partial charge in [0.2, 0.25) is 0 Å². The number of thioether (sulfide) groups is 1. The van der Waals surface area contributed by atoms with Crippen LogP contribution in [-0.4, -0.2) is 34.6 Å². The van der Waals surface area contributed by atoms with Gasteiger partial charge >= 0.3 is 5.97 Å². The van der Waals surface area contributed by atoms with Crippen molar-refractivity contribution in [3.05, 3.63) is 59.7 Å². The molecule has 1 unspecified atom stereocenters. The summed E-state index contributed by atoms with van der Waals surface area (Å²) in [6.45, 7) is 3.10. The first kappa shape index (κ1) is 20.5. The van der Waals surface area contributed by atoms with Gasteiger partial charge in [-0.1, -0.05) is 24.3 Å². The second-order valence-corrected chi connectivity index (χ2v) is 6.91. The molecule has 7 heteroatoms. The molecule has 0 heterocycles. The molecule has 2 rings (SSSR count). The van der Waals surface area contributed by atoms with E-state index in [0.717, 1.165) is 5.56 Å². The first-order chi connectivity index (χ1) is 12.8. The van der Waals surface area contributed by atoms with E-state index in [0.29, 0.717) is 22.8 Å². The average molecular weight is 387 g/mol. The normalized spacial score (nSPS) is 11.5. The first-order valence-electron chi connectivity index (χ1n) is 8.32. The van der Waals surface area contributed by atoms with E-state index in [9.17, 15) is 14.4 Å². The van der Waals surface area contributed by atoms with E-state index in [-0.39, 0.29) is 17.4 Å². The number of ether oxygens (including phenoxy) is 1. The fourth-order valence-corrected chi connectivity index (χ4v) is 2.98. The Bertz CT molecular complexity index is 837. The fourth-order valence-electron chi connectivity index (χ4n) is 2.28. The van der Waals surface area contributed by atoms with Gasteiger partial charge in [-0.2, -0.15) is 0 Å². The van der Waals surface area contributed by atoms with Gasteiger partial charge in [-0.15, -0.1) is 11.8 Å². The van der Waals surface area contributed by atoms with E-state index >= 15 is 0 Å². The standard InChI is InChI=1S/C20H21NO5S/c1-13(22)16-6-4-8-18(10-16)26-14(2)20(25)21-17-7-3-5-15(9-17)11-27-12-19(23)24/h3-10,14H,11-12H2,1-2H3,(H,21,25)(H,23,24). The highest BCUT2D eigenvalue weighted by Gasteiger charge is 2.15. The lowest BCUT2D eigenvalue weighted by Crippen LogP contribution is -2.30. The number of anilines is 1. The third-order valence-electron chi connectivity index (χ3n) is 3.61. The summed E-state index contributed by atoms with van der Waals surface area (Å²) in [4.78, 5) is 34.4. The Labute approximate surface area is 161 Å². The van der Waals surface area contributed by atoms with Gasteiger partial charge in [0, 0.05) is 17.0 Å². The van der Waals surface area contributed by atoms with Crippen molar-refractivity contribution in [2.75, 3.05) is 11.1 Å². The van der Waals surface area contributed by atoms with Crippen LogP contribution >= 0.6 is 11.8 Å². The zero-order valence-corrected chi connectivity index (χ0v) is 15.9. The average Bonchev–Trinajstić information content (AvgIpc) is 2.62. The molecule has 27 heavy (non-hydrogen) atoms. The molecule has 0 saturated heterocycles. The van der Waals surface area contributed by atoms with Crippen LogP contribution in [0, 0.1) is 0 Å². The Morgan fingerprint density at radius 1 is 1.15 bits per heavy atom. The number of carboxylic acids is 1. The molecule has 0 aliphatic heterocycles. The largest absolute Gasteiger partial charge is 0.481 e. The monoisotopic (exact) mass is 387 g/mol. The minimum absolute atomic E-state index is 0.0286. The van der Waals surface area contributed by atoms with Crippen LogP contribution in [0.15, 0.2) is 48.5 Å². The van der Waals surface area contributed by atoms with E-state index in [1.54, 1.807) is 49.4 Å². The van der Waals surface area contributed by atoms with Crippen LogP contribution in [0.25, 0.3) is 0 Å². The van der Waals surface area contributed by atoms with Gasteiger partial charge in [-0.25, -0.2) is 0 Å². The molecule has 1 amide bonds. The Kier molecular flexibility index (Phi) is 7.43. The molecule has 2 aromatic rings. The molecule has 1 atom stereocenters. The van der Waals surface area contributed by atoms with Crippen molar-refractivity contribution in [1.29, 1.82) is 0 Å². The fraction of sp³-hybridized carbons (Fsp3) is 0.250. The summed E-state index contributed by atoms with van der Waals surface area (Å²) >= 11 is 1.29. The summed E-state index contributed by atoms with van der Waals surface area (Å²) in [6, 6.07) is 13.9. The third kappa shape index (κ3) is 6.79. The zero-order chi connectivity index (χ0) is 19.8. The Balaban J connectivity index is 1.95. The van der Waals surface area contributed by atoms with Gasteiger partial charge in [0.15, 0.2) is 11.9 Å². The van der Waals surface area contributed by atoms with Crippen molar-refractivity contribution in [2.24, 2.45) is 0 Å². The van der Waals surface area contributed by atoms with Crippen LogP contribution in [0.5, 0.6) is 5.75 Å². The van der Waals surface area contributed by atoms with Gasteiger partial charge < -0.3 is 15.2 Å². The number of benzene rings is 2. The number of ketones is 1. The molecule has 0 fully saturated rings. The summed E-state index contributed by atoms with van der Waals surface area (Å²) in [5, 5.41) is 11.5. The second-order valence-electron chi connectivity index (χ2n) is 5.92. The minimum Gasteiger partial charge on any atom is -0.481 e. The predicted octanol–water partition coefficient (Wildman–Crippen LogP) is 3.61. The quantitative estimate of drug-likeness (QED) is 0.639. The number of nitrogens with one attached hydrogen (secondary N) is 1. The number of amides is 1. The molecular formula is C20H21NO5S. The summed E-state index contributed by atoms with van der Waals surface area (Å²) < 4.78 is 5.63. The summed E-state index contributed by atoms with van der Waals surface area (Å²) in [7, 11) is 0. The number of aliphatic carboxylic acids is 1. The zero-order valence-electron chi connectivity index (χ0n) is 15.1. The molecule has 0 aliphatic rings. The lowest BCUT2D eigenvalue weighted by atomic mass is 10.1. The molecular weight excluding hydrogens is 366 g/mol. The molecule has 0 saturated carbocycles. The number of carboxylic acid groups (broad SMARTS) is 1. The molecule has 2 aromatic carbocycles. The van der Waals surface area contributed by atoms with E-state index in [2.05, 4.69) is 5.32 Å². The van der Waals surface area contributed by atoms with Crippen LogP contribution in [0.3, 0.4) is 0 Å². The van der Waals surface area contributed by atoms with Crippen LogP contribution in [-0.2, 0) is 15.3 Å². The Morgan fingerprint density at radius 2 is 1.89 bits per heavy atom. The van der Waals surface area contributed by atoms with Crippen molar-refractivity contribution in [3.63, 3.8) is 0 Å². The maximum absolute atomic E-state index is 12.4. The highest BCUT2D eigenvalue weighted by atomic mass is 32.2. The molecule has 0 bridgehead atoms. The van der Waals surface area contributed by atoms with Crippen molar-refractivity contribution in [1.82, 2.24) is 0 Å². The van der Waals surface area contributed by atoms with Crippen LogP contribution < -0.4 is 10.1 Å². The first-order valence-corrected chi connectivity index (χ1v) is 9.47. The molecule has 0 spiro atoms. The predicted molar refractivity (Wildman–Crippen MR) is 105 cm³/mol. The SMILES string of the molecule is CC(=O)c1cccc(OC(C)C(=O)Nc2cccc(CSCC(=O)O)c2)c1. The van der Waals surface area contributed by atoms with Crippen molar-refractivity contribution in [2.45, 2.75) is 25.7 Å². The highest BCUT2D eigenvalue weighted by Crippen LogP contribution is 2.18. The van der Waals surface area contributed by atoms with Crippen LogP contribution in [0.4, 0.5) is 5.69 Å². The van der Waals surface area contributed by atoms with Crippen molar-refractivity contribution in [3.8, 4) is 5.75 Å². The van der Waals surface area contributed by atoms with E-state index in [4.69, 9.17) is 9.84 Å². The lowest BCUT2D eigenvalue weighted by Gasteiger charge is -2.15. The Morgan fingerprint density at radius 3 is 2.59 bits per heavy atom. The summed E-state index contributed by atoms with van der Waals surface area (Å²) in [5.74, 6) is -0.233. The Hall–Kier alpha value is -2.80. The number of hydrogen-bond donors (Lipinski definition) is 2. The van der Waals surface area contributed by atoms with E-state index in [1.807, 2.05) is 6.07 Å². The number of carbonyl (C=O) groups is 3. The minimum atomic E-state index is -0.857.